The van der Waals surface area contributed by atoms with Gasteiger partial charge < -0.3 is 4.74 Å². The fourth-order valence-electron chi connectivity index (χ4n) is 5.74. The van der Waals surface area contributed by atoms with Crippen molar-refractivity contribution in [3.63, 3.8) is 0 Å². The first kappa shape index (κ1) is 33.4. The van der Waals surface area contributed by atoms with E-state index < -0.39 is 9.85 Å². The van der Waals surface area contributed by atoms with Crippen LogP contribution in [0.1, 0.15) is 111 Å². The maximum atomic E-state index is 11.8. The fraction of sp³-hybridized carbons (Fsp3) is 0.368. The molecule has 4 aromatic rings. The fourth-order valence-corrected chi connectivity index (χ4v) is 5.74. The van der Waals surface area contributed by atoms with Crippen molar-refractivity contribution in [2.45, 2.75) is 90.9 Å². The van der Waals surface area contributed by atoms with Gasteiger partial charge in [-0.3, -0.25) is 20.2 Å². The first-order chi connectivity index (χ1) is 21.7. The van der Waals surface area contributed by atoms with Gasteiger partial charge in [-0.25, -0.2) is 0 Å². The Balaban J connectivity index is 1.68. The smallest absolute Gasteiger partial charge is 0.269 e. The third-order valence-corrected chi connectivity index (χ3v) is 8.66. The Morgan fingerprint density at radius 3 is 1.29 bits per heavy atom. The van der Waals surface area contributed by atoms with Crippen molar-refractivity contribution in [1.29, 1.82) is 0 Å². The predicted molar refractivity (Wildman–Crippen MR) is 181 cm³/mol. The summed E-state index contributed by atoms with van der Waals surface area (Å²) in [6.45, 7) is 8.41. The average molecular weight is 609 g/mol. The van der Waals surface area contributed by atoms with Crippen LogP contribution in [0.3, 0.4) is 0 Å². The van der Waals surface area contributed by atoms with Crippen LogP contribution in [-0.4, -0.2) is 9.85 Å². The Bertz CT molecular complexity index is 1460. The van der Waals surface area contributed by atoms with Crippen molar-refractivity contribution in [1.82, 2.24) is 0 Å². The van der Waals surface area contributed by atoms with Crippen LogP contribution in [0.5, 0.6) is 11.5 Å². The third-order valence-electron chi connectivity index (χ3n) is 8.66. The molecule has 4 rings (SSSR count). The number of hydrogen-bond acceptors (Lipinski definition) is 5. The van der Waals surface area contributed by atoms with Crippen LogP contribution in [-0.2, 0) is 12.8 Å². The van der Waals surface area contributed by atoms with Gasteiger partial charge in [0.1, 0.15) is 11.5 Å². The quantitative estimate of drug-likeness (QED) is 0.0716. The molecular formula is C38H44N2O5. The molecule has 45 heavy (non-hydrogen) atoms. The van der Waals surface area contributed by atoms with Crippen molar-refractivity contribution >= 4 is 11.4 Å². The van der Waals surface area contributed by atoms with E-state index in [0.717, 1.165) is 36.8 Å². The van der Waals surface area contributed by atoms with Crippen LogP contribution in [0.4, 0.5) is 11.4 Å². The van der Waals surface area contributed by atoms with Crippen LogP contribution in [0.25, 0.3) is 0 Å². The summed E-state index contributed by atoms with van der Waals surface area (Å²) in [5, 5.41) is 23.5. The SMILES string of the molecule is CCCCCc1ccc(C(C)c2cc([N+](=O)[O-])ccc2Oc2ccc([N+](=O)[O-])cc2C(C)c2ccc(CCCCC)cc2)cc1. The molecule has 0 fully saturated rings. The molecule has 0 N–H and O–H groups in total. The summed E-state index contributed by atoms with van der Waals surface area (Å²) in [4.78, 5) is 22.7. The third kappa shape index (κ3) is 8.78. The minimum atomic E-state index is -0.401. The number of aryl methyl sites for hydroxylation is 2. The molecule has 2 atom stereocenters. The molecule has 0 amide bonds. The van der Waals surface area contributed by atoms with Crippen molar-refractivity contribution in [3.05, 3.63) is 139 Å². The molecule has 0 saturated carbocycles. The minimum absolute atomic E-state index is 0.0169. The van der Waals surface area contributed by atoms with E-state index >= 15 is 0 Å². The van der Waals surface area contributed by atoms with Gasteiger partial charge in [0.15, 0.2) is 0 Å². The molecule has 236 valence electrons. The van der Waals surface area contributed by atoms with Crippen molar-refractivity contribution < 1.29 is 14.6 Å². The number of benzene rings is 4. The summed E-state index contributed by atoms with van der Waals surface area (Å²) in [6, 6.07) is 26.1. The van der Waals surface area contributed by atoms with E-state index in [1.165, 1.54) is 48.9 Å². The Kier molecular flexibility index (Phi) is 11.9. The Hall–Kier alpha value is -4.52. The van der Waals surface area contributed by atoms with Crippen molar-refractivity contribution in [2.75, 3.05) is 0 Å². The Labute approximate surface area is 266 Å². The molecule has 0 aliphatic rings. The van der Waals surface area contributed by atoms with Crippen LogP contribution >= 0.6 is 0 Å². The Morgan fingerprint density at radius 2 is 0.956 bits per heavy atom. The lowest BCUT2D eigenvalue weighted by atomic mass is 9.90. The van der Waals surface area contributed by atoms with Crippen LogP contribution < -0.4 is 4.74 Å². The summed E-state index contributed by atoms with van der Waals surface area (Å²) in [5.41, 5.74) is 5.91. The van der Waals surface area contributed by atoms with E-state index in [4.69, 9.17) is 4.74 Å². The number of non-ortho nitro benzene ring substituents is 2. The van der Waals surface area contributed by atoms with E-state index in [1.807, 2.05) is 13.8 Å². The number of nitro groups is 2. The number of hydrogen-bond donors (Lipinski definition) is 0. The topological polar surface area (TPSA) is 95.5 Å². The lowest BCUT2D eigenvalue weighted by molar-refractivity contribution is -0.385. The van der Waals surface area contributed by atoms with Crippen LogP contribution in [0, 0.1) is 20.2 Å². The van der Waals surface area contributed by atoms with Crippen molar-refractivity contribution in [3.8, 4) is 11.5 Å². The van der Waals surface area contributed by atoms with Gasteiger partial charge in [0.05, 0.1) is 9.85 Å². The molecule has 0 saturated heterocycles. The van der Waals surface area contributed by atoms with Gasteiger partial charge in [-0.05, 0) is 60.1 Å². The molecular weight excluding hydrogens is 564 g/mol. The number of rotatable bonds is 16. The maximum absolute atomic E-state index is 11.8. The van der Waals surface area contributed by atoms with E-state index in [9.17, 15) is 20.2 Å². The second kappa shape index (κ2) is 16.0. The highest BCUT2D eigenvalue weighted by atomic mass is 16.6. The van der Waals surface area contributed by atoms with Crippen LogP contribution in [0.15, 0.2) is 84.9 Å². The summed E-state index contributed by atoms with van der Waals surface area (Å²) in [7, 11) is 0. The number of nitrogens with zero attached hydrogens (tertiary/aromatic N) is 2. The molecule has 0 aromatic heterocycles. The molecule has 7 nitrogen and oxygen atoms in total. The van der Waals surface area contributed by atoms with Gasteiger partial charge in [0.2, 0.25) is 0 Å². The lowest BCUT2D eigenvalue weighted by Crippen LogP contribution is -2.04. The van der Waals surface area contributed by atoms with Gasteiger partial charge in [0.25, 0.3) is 11.4 Å². The van der Waals surface area contributed by atoms with Gasteiger partial charge in [-0.15, -0.1) is 0 Å². The number of ether oxygens (including phenoxy) is 1. The molecule has 0 aliphatic heterocycles. The van der Waals surface area contributed by atoms with Crippen molar-refractivity contribution in [2.24, 2.45) is 0 Å². The zero-order valence-corrected chi connectivity index (χ0v) is 26.8. The molecule has 0 aliphatic carbocycles. The number of unbranched alkanes of at least 4 members (excludes halogenated alkanes) is 4. The van der Waals surface area contributed by atoms with Gasteiger partial charge in [0, 0.05) is 47.2 Å². The summed E-state index contributed by atoms with van der Waals surface area (Å²) >= 11 is 0. The minimum Gasteiger partial charge on any atom is -0.457 e. The zero-order chi connectivity index (χ0) is 32.3. The molecule has 4 aromatic carbocycles. The highest BCUT2D eigenvalue weighted by molar-refractivity contribution is 5.54. The monoisotopic (exact) mass is 608 g/mol. The molecule has 2 unspecified atom stereocenters. The summed E-state index contributed by atoms with van der Waals surface area (Å²) in [6.07, 6.45) is 9.07. The molecule has 0 radical (unpaired) electrons. The summed E-state index contributed by atoms with van der Waals surface area (Å²) < 4.78 is 6.53. The van der Waals surface area contributed by atoms with Gasteiger partial charge in [-0.2, -0.15) is 0 Å². The Morgan fingerprint density at radius 1 is 0.578 bits per heavy atom. The van der Waals surface area contributed by atoms with Gasteiger partial charge >= 0.3 is 0 Å². The van der Waals surface area contributed by atoms with E-state index in [2.05, 4.69) is 62.4 Å². The summed E-state index contributed by atoms with van der Waals surface area (Å²) in [5.74, 6) is 0.579. The normalized spacial score (nSPS) is 12.4. The highest BCUT2D eigenvalue weighted by Crippen LogP contribution is 2.41. The predicted octanol–water partition coefficient (Wildman–Crippen LogP) is 11.1. The molecule has 0 spiro atoms. The van der Waals surface area contributed by atoms with Gasteiger partial charge in [-0.1, -0.05) is 102 Å². The second-order valence-electron chi connectivity index (χ2n) is 11.9. The van der Waals surface area contributed by atoms with E-state index in [0.29, 0.717) is 22.6 Å². The van der Waals surface area contributed by atoms with E-state index in [1.54, 1.807) is 24.3 Å². The molecule has 0 bridgehead atoms. The average Bonchev–Trinajstić information content (AvgIpc) is 3.05. The number of nitro benzene ring substituents is 2. The largest absolute Gasteiger partial charge is 0.457 e. The second-order valence-corrected chi connectivity index (χ2v) is 11.9. The first-order valence-corrected chi connectivity index (χ1v) is 16.1. The highest BCUT2D eigenvalue weighted by Gasteiger charge is 2.23. The van der Waals surface area contributed by atoms with E-state index in [-0.39, 0.29) is 23.2 Å². The first-order valence-electron chi connectivity index (χ1n) is 16.1. The lowest BCUT2D eigenvalue weighted by Gasteiger charge is -2.21. The maximum Gasteiger partial charge on any atom is 0.269 e. The zero-order valence-electron chi connectivity index (χ0n) is 26.8. The van der Waals surface area contributed by atoms with Crippen LogP contribution in [0.2, 0.25) is 0 Å². The molecule has 0 heterocycles. The standard InChI is InChI=1S/C38H44N2O5/c1-5-7-9-11-29-13-17-31(18-14-29)27(3)35-25-33(39(41)42)21-23-37(35)45-38-24-22-34(40(43)44)26-36(38)28(4)32-19-15-30(16-20-32)12-10-8-6-2/h13-28H,5-12H2,1-4H3. The molecule has 7 heteroatoms.